The summed E-state index contributed by atoms with van der Waals surface area (Å²) < 4.78 is 5.60. The Morgan fingerprint density at radius 1 is 0.629 bits per heavy atom. The number of hydrogen-bond acceptors (Lipinski definition) is 2. The van der Waals surface area contributed by atoms with E-state index in [1.165, 1.54) is 15.9 Å². The highest BCUT2D eigenvalue weighted by Crippen LogP contribution is 2.49. The summed E-state index contributed by atoms with van der Waals surface area (Å²) in [5.41, 5.74) is 1.80. The maximum Gasteiger partial charge on any atom is 0.166 e. The van der Waals surface area contributed by atoms with Gasteiger partial charge >= 0.3 is 0 Å². The second kappa shape index (κ2) is 10.5. The molecule has 4 aromatic carbocycles. The first-order chi connectivity index (χ1) is 17.3. The summed E-state index contributed by atoms with van der Waals surface area (Å²) in [6, 6.07) is 39.8. The predicted molar refractivity (Wildman–Crippen MR) is 149 cm³/mol. The third kappa shape index (κ3) is 4.80. The molecule has 0 N–H and O–H groups in total. The van der Waals surface area contributed by atoms with Gasteiger partial charge in [0.2, 0.25) is 0 Å². The molecule has 170 valence electrons. The first-order valence-corrected chi connectivity index (χ1v) is 13.5. The van der Waals surface area contributed by atoms with Gasteiger partial charge in [0.15, 0.2) is 5.78 Å². The van der Waals surface area contributed by atoms with Crippen molar-refractivity contribution in [2.24, 2.45) is 10.7 Å². The van der Waals surface area contributed by atoms with Gasteiger partial charge in [-0.25, -0.2) is 0 Å². The van der Waals surface area contributed by atoms with E-state index in [2.05, 4.69) is 72.8 Å². The Morgan fingerprint density at radius 3 is 1.60 bits per heavy atom. The van der Waals surface area contributed by atoms with Crippen molar-refractivity contribution in [3.63, 3.8) is 0 Å². The van der Waals surface area contributed by atoms with Gasteiger partial charge in [0.25, 0.3) is 0 Å². The largest absolute Gasteiger partial charge is 0.294 e. The zero-order valence-electron chi connectivity index (χ0n) is 19.3. The number of carbonyl (C=O) groups excluding carboxylic acids is 1. The molecule has 35 heavy (non-hydrogen) atoms. The summed E-state index contributed by atoms with van der Waals surface area (Å²) in [4.78, 5) is 12.7. The third-order valence-electron chi connectivity index (χ3n) is 6.09. The lowest BCUT2D eigenvalue weighted by Crippen LogP contribution is -2.25. The fourth-order valence-corrected chi connectivity index (χ4v) is 7.89. The van der Waals surface area contributed by atoms with E-state index < -0.39 is 7.05 Å². The predicted octanol–water partition coefficient (Wildman–Crippen LogP) is 6.82. The van der Waals surface area contributed by atoms with E-state index in [0.717, 1.165) is 11.3 Å². The molecular formula is C32H26NOP. The molecular weight excluding hydrogens is 445 g/mol. The molecule has 0 spiro atoms. The number of hydrogen-bond donors (Lipinski definition) is 0. The van der Waals surface area contributed by atoms with Crippen molar-refractivity contribution in [1.82, 2.24) is 0 Å². The van der Waals surface area contributed by atoms with Gasteiger partial charge in [-0.2, -0.15) is 0 Å². The van der Waals surface area contributed by atoms with Crippen molar-refractivity contribution in [1.29, 1.82) is 0 Å². The number of nitrogens with zero attached hydrogens (tertiary/aromatic N) is 1. The molecule has 0 radical (unpaired) electrons. The van der Waals surface area contributed by atoms with E-state index in [0.29, 0.717) is 0 Å². The zero-order chi connectivity index (χ0) is 23.9. The Balaban J connectivity index is 1.74. The molecule has 0 saturated carbocycles. The fraction of sp³-hybridized carbons (Fsp3) is 0.0312. The van der Waals surface area contributed by atoms with Crippen LogP contribution in [-0.4, -0.2) is 5.78 Å². The molecule has 0 unspecified atom stereocenters. The highest BCUT2D eigenvalue weighted by atomic mass is 31.2. The average Bonchev–Trinajstić information content (AvgIpc) is 3.48. The summed E-state index contributed by atoms with van der Waals surface area (Å²) in [7, 11) is -2.39. The second-order valence-electron chi connectivity index (χ2n) is 8.33. The molecule has 3 heteroatoms. The smallest absolute Gasteiger partial charge is 0.166 e. The van der Waals surface area contributed by atoms with Gasteiger partial charge in [0.05, 0.1) is 18.7 Å². The van der Waals surface area contributed by atoms with E-state index in [1.807, 2.05) is 72.8 Å². The van der Waals surface area contributed by atoms with E-state index in [1.54, 1.807) is 6.08 Å². The fourth-order valence-electron chi connectivity index (χ4n) is 4.34. The van der Waals surface area contributed by atoms with Crippen LogP contribution in [0.1, 0.15) is 5.56 Å². The van der Waals surface area contributed by atoms with Crippen molar-refractivity contribution < 1.29 is 4.79 Å². The van der Waals surface area contributed by atoms with Crippen LogP contribution in [0.25, 0.3) is 6.08 Å². The Hall–Kier alpha value is -4.00. The van der Waals surface area contributed by atoms with Gasteiger partial charge in [-0.3, -0.25) is 9.54 Å². The zero-order valence-corrected chi connectivity index (χ0v) is 20.2. The summed E-state index contributed by atoms with van der Waals surface area (Å²) >= 11 is 0. The maximum atomic E-state index is 12.7. The Bertz CT molecular complexity index is 1340. The van der Waals surface area contributed by atoms with Crippen LogP contribution in [0.3, 0.4) is 0 Å². The molecule has 1 aliphatic carbocycles. The minimum absolute atomic E-state index is 0.0695. The Morgan fingerprint density at radius 2 is 1.09 bits per heavy atom. The summed E-state index contributed by atoms with van der Waals surface area (Å²) in [5.74, 6) is -0.111. The molecule has 0 saturated heterocycles. The van der Waals surface area contributed by atoms with Gasteiger partial charge in [-0.05, 0) is 18.2 Å². The molecule has 2 nitrogen and oxygen atoms in total. The Labute approximate surface area is 207 Å². The minimum atomic E-state index is -2.39. The lowest BCUT2D eigenvalue weighted by molar-refractivity contribution is -0.115. The molecule has 0 aliphatic heterocycles. The first-order valence-electron chi connectivity index (χ1n) is 11.7. The van der Waals surface area contributed by atoms with Gasteiger partial charge in [0.1, 0.15) is 0 Å². The number of benzene rings is 4. The average molecular weight is 472 g/mol. The number of carbonyl (C=O) groups is 1. The SMILES string of the molecule is O=C(/C=C/c1ccccc1N=P(c1ccccc1)(c1ccccc1)c1ccccc1)C1C=CC=C1. The molecule has 0 fully saturated rings. The van der Waals surface area contributed by atoms with Gasteiger partial charge in [-0.15, -0.1) is 0 Å². The van der Waals surface area contributed by atoms with E-state index in [-0.39, 0.29) is 11.7 Å². The topological polar surface area (TPSA) is 29.4 Å². The number of ketones is 1. The van der Waals surface area contributed by atoms with E-state index in [4.69, 9.17) is 4.74 Å². The molecule has 5 rings (SSSR count). The number of rotatable bonds is 7. The normalized spacial score (nSPS) is 13.4. The summed E-state index contributed by atoms with van der Waals surface area (Å²) in [5, 5.41) is 3.57. The third-order valence-corrected chi connectivity index (χ3v) is 9.74. The molecule has 1 aliphatic rings. The van der Waals surface area contributed by atoms with Crippen LogP contribution >= 0.6 is 7.05 Å². The van der Waals surface area contributed by atoms with Crippen LogP contribution < -0.4 is 15.9 Å². The van der Waals surface area contributed by atoms with Crippen molar-refractivity contribution >= 4 is 40.5 Å². The second-order valence-corrected chi connectivity index (χ2v) is 11.4. The highest BCUT2D eigenvalue weighted by molar-refractivity contribution is 7.87. The molecule has 4 aromatic rings. The van der Waals surface area contributed by atoms with Crippen LogP contribution in [0.4, 0.5) is 5.69 Å². The van der Waals surface area contributed by atoms with Crippen LogP contribution in [0.2, 0.25) is 0 Å². The molecule has 0 atom stereocenters. The highest BCUT2D eigenvalue weighted by Gasteiger charge is 2.27. The van der Waals surface area contributed by atoms with E-state index in [9.17, 15) is 4.79 Å². The molecule has 0 amide bonds. The van der Waals surface area contributed by atoms with Crippen LogP contribution in [-0.2, 0) is 4.79 Å². The van der Waals surface area contributed by atoms with Crippen molar-refractivity contribution in [2.75, 3.05) is 0 Å². The van der Waals surface area contributed by atoms with Crippen molar-refractivity contribution in [2.45, 2.75) is 0 Å². The molecule has 0 aromatic heterocycles. The van der Waals surface area contributed by atoms with Crippen LogP contribution in [0.5, 0.6) is 0 Å². The van der Waals surface area contributed by atoms with Gasteiger partial charge in [0, 0.05) is 21.5 Å². The van der Waals surface area contributed by atoms with Crippen LogP contribution in [0.15, 0.2) is 150 Å². The van der Waals surface area contributed by atoms with Gasteiger partial charge < -0.3 is 0 Å². The minimum Gasteiger partial charge on any atom is -0.294 e. The maximum absolute atomic E-state index is 12.7. The quantitative estimate of drug-likeness (QED) is 0.215. The van der Waals surface area contributed by atoms with Crippen molar-refractivity contribution in [3.8, 4) is 0 Å². The van der Waals surface area contributed by atoms with E-state index >= 15 is 0 Å². The van der Waals surface area contributed by atoms with Crippen LogP contribution in [0, 0.1) is 5.92 Å². The standard InChI is InChI=1S/C32H26NOP/c34-32(27-15-10-11-16-27)25-24-26-14-12-13-23-31(26)33-35(28-17-4-1-5-18-28,29-19-6-2-7-20-29)30-21-8-3-9-22-30/h1-25,27H/b25-24+. The van der Waals surface area contributed by atoms with Crippen molar-refractivity contribution in [3.05, 3.63) is 151 Å². The Kier molecular flexibility index (Phi) is 6.84. The number of allylic oxidation sites excluding steroid dienone is 5. The first kappa shape index (κ1) is 22.8. The lowest BCUT2D eigenvalue weighted by atomic mass is 10.0. The monoisotopic (exact) mass is 471 g/mol. The summed E-state index contributed by atoms with van der Waals surface area (Å²) in [6.07, 6.45) is 11.2. The molecule has 0 bridgehead atoms. The van der Waals surface area contributed by atoms with Gasteiger partial charge in [-0.1, -0.05) is 133 Å². The summed E-state index contributed by atoms with van der Waals surface area (Å²) in [6.45, 7) is 0. The molecule has 0 heterocycles. The lowest BCUT2D eigenvalue weighted by Gasteiger charge is -2.27.